The monoisotopic (exact) mass is 143 g/mol. The zero-order chi connectivity index (χ0) is 8.04. The third-order valence-electron chi connectivity index (χ3n) is 1.25. The van der Waals surface area contributed by atoms with Crippen molar-refractivity contribution in [3.8, 4) is 0 Å². The van der Waals surface area contributed by atoms with E-state index in [4.69, 9.17) is 4.74 Å². The lowest BCUT2D eigenvalue weighted by Crippen LogP contribution is -2.08. The molecule has 0 saturated heterocycles. The van der Waals surface area contributed by atoms with E-state index >= 15 is 0 Å². The summed E-state index contributed by atoms with van der Waals surface area (Å²) < 4.78 is 5.23. The second-order valence-electron chi connectivity index (χ2n) is 3.76. The van der Waals surface area contributed by atoms with Gasteiger partial charge in [-0.1, -0.05) is 27.7 Å². The maximum absolute atomic E-state index is 5.23. The molecule has 10 heavy (non-hydrogen) atoms. The van der Waals surface area contributed by atoms with Gasteiger partial charge in [-0.3, -0.25) is 0 Å². The van der Waals surface area contributed by atoms with Gasteiger partial charge in [-0.25, -0.2) is 0 Å². The van der Waals surface area contributed by atoms with Gasteiger partial charge < -0.3 is 4.74 Å². The molecule has 0 unspecified atom stereocenters. The van der Waals surface area contributed by atoms with Crippen LogP contribution in [0.25, 0.3) is 0 Å². The van der Waals surface area contributed by atoms with Crippen molar-refractivity contribution >= 4 is 0 Å². The topological polar surface area (TPSA) is 9.23 Å². The zero-order valence-electron chi connectivity index (χ0n) is 7.61. The fourth-order valence-electron chi connectivity index (χ4n) is 0.566. The minimum atomic E-state index is 0.404. The lowest BCUT2D eigenvalue weighted by Gasteiger charge is -2.17. The van der Waals surface area contributed by atoms with Crippen LogP contribution in [0.2, 0.25) is 0 Å². The van der Waals surface area contributed by atoms with Gasteiger partial charge >= 0.3 is 0 Å². The van der Waals surface area contributed by atoms with E-state index in [1.54, 1.807) is 0 Å². The Hall–Kier alpha value is -0.0400. The molecule has 1 heteroatoms. The Morgan fingerprint density at radius 2 is 1.90 bits per heavy atom. The SMILES string of the molecule is CC[CH]OCCC(C)(C)C. The second kappa shape index (κ2) is 4.73. The van der Waals surface area contributed by atoms with E-state index in [1.807, 2.05) is 6.61 Å². The molecule has 0 bridgehead atoms. The van der Waals surface area contributed by atoms with Crippen molar-refractivity contribution in [1.29, 1.82) is 0 Å². The number of rotatable bonds is 4. The quantitative estimate of drug-likeness (QED) is 0.550. The highest BCUT2D eigenvalue weighted by Crippen LogP contribution is 2.17. The molecule has 1 radical (unpaired) electrons. The van der Waals surface area contributed by atoms with Crippen LogP contribution < -0.4 is 0 Å². The molecule has 61 valence electrons. The third-order valence-corrected chi connectivity index (χ3v) is 1.25. The van der Waals surface area contributed by atoms with E-state index in [2.05, 4.69) is 27.7 Å². The summed E-state index contributed by atoms with van der Waals surface area (Å²) in [6.07, 6.45) is 2.13. The molecule has 0 aromatic heterocycles. The Kier molecular flexibility index (Phi) is 4.71. The molecular weight excluding hydrogens is 124 g/mol. The van der Waals surface area contributed by atoms with Crippen LogP contribution >= 0.6 is 0 Å². The van der Waals surface area contributed by atoms with Crippen molar-refractivity contribution < 1.29 is 4.74 Å². The molecule has 0 N–H and O–H groups in total. The number of ether oxygens (including phenoxy) is 1. The molecule has 0 rings (SSSR count). The lowest BCUT2D eigenvalue weighted by molar-refractivity contribution is 0.157. The van der Waals surface area contributed by atoms with Crippen LogP contribution in [0.5, 0.6) is 0 Å². The van der Waals surface area contributed by atoms with Gasteiger partial charge in [0.15, 0.2) is 0 Å². The fourth-order valence-corrected chi connectivity index (χ4v) is 0.566. The van der Waals surface area contributed by atoms with Gasteiger partial charge in [0.1, 0.15) is 0 Å². The van der Waals surface area contributed by atoms with Gasteiger partial charge in [-0.05, 0) is 18.3 Å². The molecule has 0 aromatic rings. The minimum absolute atomic E-state index is 0.404. The number of hydrogen-bond donors (Lipinski definition) is 0. The van der Waals surface area contributed by atoms with Crippen molar-refractivity contribution in [3.63, 3.8) is 0 Å². The average Bonchev–Trinajstić information content (AvgIpc) is 1.78. The maximum Gasteiger partial charge on any atom is 0.0833 e. The Morgan fingerprint density at radius 1 is 1.30 bits per heavy atom. The van der Waals surface area contributed by atoms with Crippen molar-refractivity contribution in [2.75, 3.05) is 6.61 Å². The highest BCUT2D eigenvalue weighted by atomic mass is 16.5. The van der Waals surface area contributed by atoms with Crippen molar-refractivity contribution in [2.24, 2.45) is 5.41 Å². The largest absolute Gasteiger partial charge is 0.376 e. The van der Waals surface area contributed by atoms with Gasteiger partial charge in [0.05, 0.1) is 6.61 Å². The standard InChI is InChI=1S/C9H19O/c1-5-7-10-8-6-9(2,3)4/h7H,5-6,8H2,1-4H3. The molecule has 0 fully saturated rings. The first kappa shape index (κ1) is 9.96. The van der Waals surface area contributed by atoms with Crippen LogP contribution in [0.1, 0.15) is 40.5 Å². The smallest absolute Gasteiger partial charge is 0.0833 e. The Morgan fingerprint density at radius 3 is 2.30 bits per heavy atom. The Labute approximate surface area is 64.8 Å². The van der Waals surface area contributed by atoms with Gasteiger partial charge in [0, 0.05) is 6.61 Å². The first-order valence-corrected chi connectivity index (χ1v) is 3.99. The van der Waals surface area contributed by atoms with Crippen LogP contribution in [0.3, 0.4) is 0 Å². The van der Waals surface area contributed by atoms with Gasteiger partial charge in [-0.2, -0.15) is 0 Å². The molecule has 1 nitrogen and oxygen atoms in total. The normalized spacial score (nSPS) is 12.0. The predicted molar refractivity (Wildman–Crippen MR) is 44.6 cm³/mol. The van der Waals surface area contributed by atoms with Crippen LogP contribution in [-0.4, -0.2) is 6.61 Å². The van der Waals surface area contributed by atoms with Gasteiger partial charge in [0.25, 0.3) is 0 Å². The summed E-state index contributed by atoms with van der Waals surface area (Å²) in [7, 11) is 0. The molecule has 0 heterocycles. The molecule has 0 aliphatic carbocycles. The molecular formula is C9H19O. The van der Waals surface area contributed by atoms with E-state index in [-0.39, 0.29) is 0 Å². The number of hydrogen-bond acceptors (Lipinski definition) is 1. The summed E-state index contributed by atoms with van der Waals surface area (Å²) in [5.41, 5.74) is 0.404. The van der Waals surface area contributed by atoms with Crippen LogP contribution in [0, 0.1) is 12.0 Å². The minimum Gasteiger partial charge on any atom is -0.376 e. The average molecular weight is 143 g/mol. The Bertz CT molecular complexity index is 71.3. The predicted octanol–water partition coefficient (Wildman–Crippen LogP) is 3.01. The maximum atomic E-state index is 5.23. The van der Waals surface area contributed by atoms with E-state index in [1.165, 1.54) is 0 Å². The summed E-state index contributed by atoms with van der Waals surface area (Å²) >= 11 is 0. The van der Waals surface area contributed by atoms with Crippen molar-refractivity contribution in [2.45, 2.75) is 40.5 Å². The van der Waals surface area contributed by atoms with E-state index in [0.29, 0.717) is 5.41 Å². The van der Waals surface area contributed by atoms with Gasteiger partial charge in [0.2, 0.25) is 0 Å². The molecule has 0 saturated carbocycles. The molecule has 0 aliphatic rings. The van der Waals surface area contributed by atoms with Crippen molar-refractivity contribution in [1.82, 2.24) is 0 Å². The summed E-state index contributed by atoms with van der Waals surface area (Å²) in [4.78, 5) is 0. The second-order valence-corrected chi connectivity index (χ2v) is 3.76. The summed E-state index contributed by atoms with van der Waals surface area (Å²) in [5.74, 6) is 0. The summed E-state index contributed by atoms with van der Waals surface area (Å²) in [6, 6.07) is 0. The first-order chi connectivity index (χ1) is 4.56. The molecule has 0 atom stereocenters. The van der Waals surface area contributed by atoms with Crippen molar-refractivity contribution in [3.05, 3.63) is 6.61 Å². The van der Waals surface area contributed by atoms with Crippen LogP contribution in [0.15, 0.2) is 0 Å². The summed E-state index contributed by atoms with van der Waals surface area (Å²) in [6.45, 7) is 11.5. The third kappa shape index (κ3) is 7.96. The van der Waals surface area contributed by atoms with Gasteiger partial charge in [-0.15, -0.1) is 0 Å². The zero-order valence-corrected chi connectivity index (χ0v) is 7.61. The van der Waals surface area contributed by atoms with Crippen LogP contribution in [-0.2, 0) is 4.74 Å². The molecule has 0 aliphatic heterocycles. The molecule has 0 amide bonds. The highest BCUT2D eigenvalue weighted by Gasteiger charge is 2.08. The highest BCUT2D eigenvalue weighted by molar-refractivity contribution is 4.60. The first-order valence-electron chi connectivity index (χ1n) is 3.99. The Balaban J connectivity index is 3.04. The fraction of sp³-hybridized carbons (Fsp3) is 0.889. The van der Waals surface area contributed by atoms with E-state index in [9.17, 15) is 0 Å². The lowest BCUT2D eigenvalue weighted by atomic mass is 9.93. The molecule has 0 spiro atoms. The van der Waals surface area contributed by atoms with Crippen LogP contribution in [0.4, 0.5) is 0 Å². The van der Waals surface area contributed by atoms with E-state index in [0.717, 1.165) is 19.4 Å². The molecule has 0 aromatic carbocycles. The van der Waals surface area contributed by atoms with E-state index < -0.39 is 0 Å². The summed E-state index contributed by atoms with van der Waals surface area (Å²) in [5, 5.41) is 0.